The zero-order valence-corrected chi connectivity index (χ0v) is 13.2. The first-order chi connectivity index (χ1) is 9.13. The van der Waals surface area contributed by atoms with Crippen LogP contribution in [0.15, 0.2) is 33.2 Å². The smallest absolute Gasteiger partial charge is 0.136 e. The largest absolute Gasteiger partial charge is 0.384 e. The molecule has 0 spiro atoms. The van der Waals surface area contributed by atoms with Crippen molar-refractivity contribution in [1.82, 2.24) is 9.97 Å². The van der Waals surface area contributed by atoms with Gasteiger partial charge >= 0.3 is 0 Å². The van der Waals surface area contributed by atoms with E-state index in [9.17, 15) is 0 Å². The van der Waals surface area contributed by atoms with Gasteiger partial charge in [0.2, 0.25) is 0 Å². The Morgan fingerprint density at radius 2 is 1.84 bits per heavy atom. The molecule has 0 bridgehead atoms. The summed E-state index contributed by atoms with van der Waals surface area (Å²) in [6.07, 6.45) is 2.31. The minimum Gasteiger partial charge on any atom is -0.384 e. The maximum absolute atomic E-state index is 5.84. The fourth-order valence-corrected chi connectivity index (χ4v) is 3.02. The van der Waals surface area contributed by atoms with Crippen molar-refractivity contribution in [3.8, 4) is 0 Å². The number of anilines is 3. The predicted molar refractivity (Wildman–Crippen MR) is 83.5 cm³/mol. The second-order valence-corrected chi connectivity index (χ2v) is 6.24. The first-order valence-electron chi connectivity index (χ1n) is 5.99. The first-order valence-corrected chi connectivity index (χ1v) is 7.57. The van der Waals surface area contributed by atoms with E-state index in [4.69, 9.17) is 5.73 Å². The Hall–Kier alpha value is -1.14. The maximum atomic E-state index is 5.84. The Bertz CT molecular complexity index is 606. The van der Waals surface area contributed by atoms with E-state index >= 15 is 0 Å². The van der Waals surface area contributed by atoms with Gasteiger partial charge < -0.3 is 11.1 Å². The number of halogens is 2. The third-order valence-corrected chi connectivity index (χ3v) is 4.24. The van der Waals surface area contributed by atoms with Crippen molar-refractivity contribution >= 4 is 49.2 Å². The van der Waals surface area contributed by atoms with Crippen LogP contribution in [0.3, 0.4) is 0 Å². The van der Waals surface area contributed by atoms with E-state index in [2.05, 4.69) is 47.1 Å². The van der Waals surface area contributed by atoms with Gasteiger partial charge in [0.1, 0.15) is 17.5 Å². The second-order valence-electron chi connectivity index (χ2n) is 4.53. The van der Waals surface area contributed by atoms with Crippen molar-refractivity contribution in [2.24, 2.45) is 0 Å². The van der Waals surface area contributed by atoms with Gasteiger partial charge in [-0.25, -0.2) is 9.97 Å². The maximum Gasteiger partial charge on any atom is 0.136 e. The number of nitrogens with zero attached hydrogens (tertiary/aromatic N) is 2. The number of nitrogens with one attached hydrogen (secondary N) is 1. The molecule has 0 saturated heterocycles. The van der Waals surface area contributed by atoms with E-state index in [1.54, 1.807) is 6.07 Å². The van der Waals surface area contributed by atoms with Crippen molar-refractivity contribution in [2.45, 2.75) is 18.8 Å². The summed E-state index contributed by atoms with van der Waals surface area (Å²) in [5.41, 5.74) is 6.77. The van der Waals surface area contributed by atoms with Gasteiger partial charge in [-0.15, -0.1) is 0 Å². The molecule has 0 amide bonds. The van der Waals surface area contributed by atoms with Gasteiger partial charge in [-0.2, -0.15) is 0 Å². The van der Waals surface area contributed by atoms with Gasteiger partial charge in [-0.05, 0) is 56.8 Å². The normalized spacial score (nSPS) is 14.4. The number of nitrogens with two attached hydrogens (primary N) is 1. The van der Waals surface area contributed by atoms with Crippen LogP contribution in [-0.4, -0.2) is 9.97 Å². The van der Waals surface area contributed by atoms with Gasteiger partial charge in [0.25, 0.3) is 0 Å². The predicted octanol–water partition coefficient (Wildman–Crippen LogP) is 4.20. The van der Waals surface area contributed by atoms with Crippen LogP contribution in [0.25, 0.3) is 0 Å². The van der Waals surface area contributed by atoms with Crippen molar-refractivity contribution in [2.75, 3.05) is 11.1 Å². The Kier molecular flexibility index (Phi) is 3.45. The minimum absolute atomic E-state index is 0.478. The molecule has 3 N–H and O–H groups in total. The first kappa shape index (κ1) is 12.9. The number of aromatic nitrogens is 2. The second kappa shape index (κ2) is 5.09. The molecule has 1 heterocycles. The van der Waals surface area contributed by atoms with Crippen LogP contribution < -0.4 is 11.1 Å². The molecule has 1 aromatic carbocycles. The van der Waals surface area contributed by atoms with E-state index in [0.29, 0.717) is 11.7 Å². The van der Waals surface area contributed by atoms with Gasteiger partial charge in [0, 0.05) is 20.9 Å². The zero-order valence-electron chi connectivity index (χ0n) is 10.0. The number of benzene rings is 1. The van der Waals surface area contributed by atoms with Crippen molar-refractivity contribution in [1.29, 1.82) is 0 Å². The molecule has 2 aromatic rings. The molecule has 0 atom stereocenters. The fourth-order valence-electron chi connectivity index (χ4n) is 1.82. The van der Waals surface area contributed by atoms with Crippen LogP contribution in [0.2, 0.25) is 0 Å². The molecule has 1 aliphatic carbocycles. The lowest BCUT2D eigenvalue weighted by Gasteiger charge is -2.11. The van der Waals surface area contributed by atoms with Crippen LogP contribution in [-0.2, 0) is 0 Å². The third kappa shape index (κ3) is 2.90. The van der Waals surface area contributed by atoms with E-state index in [0.717, 1.165) is 39.1 Å². The molecule has 1 saturated carbocycles. The van der Waals surface area contributed by atoms with Crippen molar-refractivity contribution < 1.29 is 0 Å². The molecule has 6 heteroatoms. The van der Waals surface area contributed by atoms with Crippen molar-refractivity contribution in [3.05, 3.63) is 39.0 Å². The van der Waals surface area contributed by atoms with E-state index in [-0.39, 0.29) is 0 Å². The van der Waals surface area contributed by atoms with Crippen molar-refractivity contribution in [3.63, 3.8) is 0 Å². The highest BCUT2D eigenvalue weighted by Crippen LogP contribution is 2.39. The third-order valence-electron chi connectivity index (χ3n) is 2.92. The Morgan fingerprint density at radius 3 is 2.47 bits per heavy atom. The lowest BCUT2D eigenvalue weighted by Crippen LogP contribution is -2.03. The zero-order chi connectivity index (χ0) is 13.4. The molecule has 4 nitrogen and oxygen atoms in total. The Morgan fingerprint density at radius 1 is 1.16 bits per heavy atom. The van der Waals surface area contributed by atoms with Crippen LogP contribution in [0.5, 0.6) is 0 Å². The molecule has 19 heavy (non-hydrogen) atoms. The SMILES string of the molecule is Nc1cc(Nc2c(Br)cccc2Br)nc(C2CC2)n1. The van der Waals surface area contributed by atoms with Gasteiger partial charge in [-0.3, -0.25) is 0 Å². The van der Waals surface area contributed by atoms with Crippen LogP contribution in [0.1, 0.15) is 24.6 Å². The highest BCUT2D eigenvalue weighted by molar-refractivity contribution is 9.11. The van der Waals surface area contributed by atoms with Gasteiger partial charge in [0.15, 0.2) is 0 Å². The summed E-state index contributed by atoms with van der Waals surface area (Å²) in [7, 11) is 0. The summed E-state index contributed by atoms with van der Waals surface area (Å²) in [6, 6.07) is 7.65. The Balaban J connectivity index is 1.94. The molecule has 3 rings (SSSR count). The lowest BCUT2D eigenvalue weighted by atomic mass is 10.3. The molecule has 1 fully saturated rings. The number of rotatable bonds is 3. The molecule has 1 aliphatic rings. The summed E-state index contributed by atoms with van der Waals surface area (Å²) < 4.78 is 1.93. The quantitative estimate of drug-likeness (QED) is 0.833. The summed E-state index contributed by atoms with van der Waals surface area (Å²) >= 11 is 7.03. The van der Waals surface area contributed by atoms with E-state index < -0.39 is 0 Å². The topological polar surface area (TPSA) is 63.8 Å². The van der Waals surface area contributed by atoms with Crippen LogP contribution >= 0.6 is 31.9 Å². The van der Waals surface area contributed by atoms with Gasteiger partial charge in [0.05, 0.1) is 5.69 Å². The van der Waals surface area contributed by atoms with Crippen LogP contribution in [0, 0.1) is 0 Å². The summed E-state index contributed by atoms with van der Waals surface area (Å²) in [5, 5.41) is 3.28. The highest BCUT2D eigenvalue weighted by atomic mass is 79.9. The molecule has 1 aromatic heterocycles. The minimum atomic E-state index is 0.478. The number of nitrogen functional groups attached to an aromatic ring is 1. The fraction of sp³-hybridized carbons (Fsp3) is 0.231. The summed E-state index contributed by atoms with van der Waals surface area (Å²) in [4.78, 5) is 8.81. The molecule has 98 valence electrons. The highest BCUT2D eigenvalue weighted by Gasteiger charge is 2.27. The summed E-state index contributed by atoms with van der Waals surface area (Å²) in [5.74, 6) is 2.54. The monoisotopic (exact) mass is 382 g/mol. The number of hydrogen-bond acceptors (Lipinski definition) is 4. The summed E-state index contributed by atoms with van der Waals surface area (Å²) in [6.45, 7) is 0. The van der Waals surface area contributed by atoms with E-state index in [1.807, 2.05) is 18.2 Å². The number of para-hydroxylation sites is 1. The molecule has 0 unspecified atom stereocenters. The lowest BCUT2D eigenvalue weighted by molar-refractivity contribution is 0.936. The molecule has 0 radical (unpaired) electrons. The van der Waals surface area contributed by atoms with Gasteiger partial charge in [-0.1, -0.05) is 6.07 Å². The number of hydrogen-bond donors (Lipinski definition) is 2. The van der Waals surface area contributed by atoms with E-state index in [1.165, 1.54) is 0 Å². The Labute approximate surface area is 128 Å². The molecule has 0 aliphatic heterocycles. The average Bonchev–Trinajstić information content (AvgIpc) is 3.17. The average molecular weight is 384 g/mol. The van der Waals surface area contributed by atoms with Crippen LogP contribution in [0.4, 0.5) is 17.3 Å². The standard InChI is InChI=1S/C13H12Br2N4/c14-8-2-1-3-9(15)12(8)18-11-6-10(16)17-13(19-11)7-4-5-7/h1-3,6-7H,4-5H2,(H3,16,17,18,19). The molecular formula is C13H12Br2N4. The molecular weight excluding hydrogens is 372 g/mol.